The molecule has 6 aromatic carbocycles. The second kappa shape index (κ2) is 13.9. The number of aromatic nitrogens is 3. The van der Waals surface area contributed by atoms with Crippen LogP contribution in [-0.4, -0.2) is 15.0 Å². The Hall–Kier alpha value is -6.45. The summed E-state index contributed by atoms with van der Waals surface area (Å²) in [4.78, 5) is 15.9. The first-order valence-corrected chi connectivity index (χ1v) is 20.0. The summed E-state index contributed by atoms with van der Waals surface area (Å²) in [7, 11) is 0. The van der Waals surface area contributed by atoms with E-state index >= 15 is 0 Å². The standard InChI is InChI=1S/C54H47N3/c1-52(2,3)48-34-33-41(50(57-48)53(4,5)6)36-29-31-38(32-30-36)51-55-46(37-19-10-7-11-20-37)35-47(56-51)43-26-18-28-45-49(43)42-25-16-17-27-44(42)54(45,39-21-12-8-13-22-39)40-23-14-9-15-24-40/h7-35H,1-6H3. The van der Waals surface area contributed by atoms with Gasteiger partial charge in [0.1, 0.15) is 0 Å². The lowest BCUT2D eigenvalue weighted by molar-refractivity contribution is 0.532. The second-order valence-corrected chi connectivity index (χ2v) is 17.3. The van der Waals surface area contributed by atoms with Crippen LogP contribution in [0.2, 0.25) is 0 Å². The van der Waals surface area contributed by atoms with Gasteiger partial charge in [-0.2, -0.15) is 0 Å². The molecule has 0 N–H and O–H groups in total. The van der Waals surface area contributed by atoms with Crippen molar-refractivity contribution in [3.8, 4) is 56.2 Å². The van der Waals surface area contributed by atoms with Crippen molar-refractivity contribution >= 4 is 0 Å². The summed E-state index contributed by atoms with van der Waals surface area (Å²) < 4.78 is 0. The van der Waals surface area contributed by atoms with Crippen molar-refractivity contribution in [1.82, 2.24) is 15.0 Å². The maximum atomic E-state index is 5.42. The fraction of sp³-hybridized carbons (Fsp3) is 0.167. The zero-order chi connectivity index (χ0) is 39.4. The molecule has 278 valence electrons. The molecular formula is C54H47N3. The number of hydrogen-bond donors (Lipinski definition) is 0. The molecule has 2 aromatic heterocycles. The van der Waals surface area contributed by atoms with Gasteiger partial charge in [0.2, 0.25) is 0 Å². The molecule has 1 aliphatic rings. The minimum absolute atomic E-state index is 0.0350. The normalized spacial score (nSPS) is 13.2. The van der Waals surface area contributed by atoms with Crippen molar-refractivity contribution in [1.29, 1.82) is 0 Å². The number of rotatable bonds is 6. The van der Waals surface area contributed by atoms with Gasteiger partial charge in [-0.3, -0.25) is 4.98 Å². The van der Waals surface area contributed by atoms with Crippen LogP contribution in [0.4, 0.5) is 0 Å². The van der Waals surface area contributed by atoms with E-state index in [9.17, 15) is 0 Å². The minimum atomic E-state index is -0.496. The van der Waals surface area contributed by atoms with Crippen molar-refractivity contribution in [3.05, 3.63) is 210 Å². The van der Waals surface area contributed by atoms with Gasteiger partial charge >= 0.3 is 0 Å². The van der Waals surface area contributed by atoms with E-state index in [0.29, 0.717) is 5.82 Å². The molecule has 0 unspecified atom stereocenters. The van der Waals surface area contributed by atoms with Crippen LogP contribution < -0.4 is 0 Å². The van der Waals surface area contributed by atoms with Crippen molar-refractivity contribution in [2.75, 3.05) is 0 Å². The molecule has 0 saturated heterocycles. The smallest absolute Gasteiger partial charge is 0.160 e. The van der Waals surface area contributed by atoms with E-state index in [4.69, 9.17) is 15.0 Å². The van der Waals surface area contributed by atoms with Gasteiger partial charge in [0.15, 0.2) is 5.82 Å². The topological polar surface area (TPSA) is 38.7 Å². The molecule has 0 bridgehead atoms. The molecule has 57 heavy (non-hydrogen) atoms. The molecule has 0 aliphatic heterocycles. The summed E-state index contributed by atoms with van der Waals surface area (Å²) in [6.45, 7) is 13.4. The highest BCUT2D eigenvalue weighted by Crippen LogP contribution is 2.58. The number of fused-ring (bicyclic) bond motifs is 3. The predicted molar refractivity (Wildman–Crippen MR) is 236 cm³/mol. The molecule has 3 heteroatoms. The van der Waals surface area contributed by atoms with Crippen LogP contribution in [0, 0.1) is 0 Å². The van der Waals surface area contributed by atoms with Crippen LogP contribution in [0.3, 0.4) is 0 Å². The first kappa shape index (κ1) is 36.2. The van der Waals surface area contributed by atoms with Gasteiger partial charge in [-0.25, -0.2) is 9.97 Å². The SMILES string of the molecule is CC(C)(C)c1ccc(-c2ccc(-c3nc(-c4ccccc4)cc(-c4cccc5c4-c4ccccc4C5(c4ccccc4)c4ccccc4)n3)cc2)c(C(C)(C)C)n1. The monoisotopic (exact) mass is 737 g/mol. The fourth-order valence-corrected chi connectivity index (χ4v) is 8.66. The lowest BCUT2D eigenvalue weighted by Crippen LogP contribution is -2.28. The molecule has 0 amide bonds. The maximum Gasteiger partial charge on any atom is 0.160 e. The largest absolute Gasteiger partial charge is 0.256 e. The molecule has 0 atom stereocenters. The Kier molecular flexibility index (Phi) is 8.85. The summed E-state index contributed by atoms with van der Waals surface area (Å²) >= 11 is 0. The Morgan fingerprint density at radius 3 is 1.56 bits per heavy atom. The average Bonchev–Trinajstić information content (AvgIpc) is 3.55. The summed E-state index contributed by atoms with van der Waals surface area (Å²) in [6, 6.07) is 63.3. The number of nitrogens with zero attached hydrogens (tertiary/aromatic N) is 3. The van der Waals surface area contributed by atoms with Crippen LogP contribution in [0.1, 0.15) is 75.2 Å². The third-order valence-corrected chi connectivity index (χ3v) is 11.4. The van der Waals surface area contributed by atoms with Crippen LogP contribution in [-0.2, 0) is 16.2 Å². The Morgan fingerprint density at radius 1 is 0.386 bits per heavy atom. The molecule has 2 heterocycles. The second-order valence-electron chi connectivity index (χ2n) is 17.3. The van der Waals surface area contributed by atoms with Gasteiger partial charge in [-0.1, -0.05) is 205 Å². The zero-order valence-corrected chi connectivity index (χ0v) is 33.6. The van der Waals surface area contributed by atoms with E-state index in [2.05, 4.69) is 211 Å². The van der Waals surface area contributed by atoms with Crippen molar-refractivity contribution in [2.24, 2.45) is 0 Å². The summed E-state index contributed by atoms with van der Waals surface area (Å²) in [6.07, 6.45) is 0. The molecular weight excluding hydrogens is 691 g/mol. The van der Waals surface area contributed by atoms with Crippen LogP contribution in [0.25, 0.3) is 56.2 Å². The molecule has 9 rings (SSSR count). The lowest BCUT2D eigenvalue weighted by Gasteiger charge is -2.33. The molecule has 0 radical (unpaired) electrons. The van der Waals surface area contributed by atoms with Crippen LogP contribution in [0.5, 0.6) is 0 Å². The van der Waals surface area contributed by atoms with E-state index in [-0.39, 0.29) is 10.8 Å². The predicted octanol–water partition coefficient (Wildman–Crippen LogP) is 13.5. The highest BCUT2D eigenvalue weighted by molar-refractivity contribution is 5.95. The number of hydrogen-bond acceptors (Lipinski definition) is 3. The zero-order valence-electron chi connectivity index (χ0n) is 33.6. The lowest BCUT2D eigenvalue weighted by atomic mass is 9.67. The summed E-state index contributed by atoms with van der Waals surface area (Å²) in [5.74, 6) is 0.691. The minimum Gasteiger partial charge on any atom is -0.256 e. The van der Waals surface area contributed by atoms with E-state index in [1.807, 2.05) is 6.07 Å². The first-order valence-electron chi connectivity index (χ1n) is 20.0. The quantitative estimate of drug-likeness (QED) is 0.171. The van der Waals surface area contributed by atoms with Crippen molar-refractivity contribution < 1.29 is 0 Å². The molecule has 8 aromatic rings. The van der Waals surface area contributed by atoms with E-state index in [1.165, 1.54) is 33.4 Å². The van der Waals surface area contributed by atoms with E-state index < -0.39 is 5.41 Å². The molecule has 0 spiro atoms. The average molecular weight is 738 g/mol. The molecule has 0 saturated carbocycles. The number of pyridine rings is 1. The van der Waals surface area contributed by atoms with Crippen molar-refractivity contribution in [3.63, 3.8) is 0 Å². The van der Waals surface area contributed by atoms with E-state index in [1.54, 1.807) is 0 Å². The summed E-state index contributed by atoms with van der Waals surface area (Å²) in [5.41, 5.74) is 16.2. The van der Waals surface area contributed by atoms with Crippen molar-refractivity contribution in [2.45, 2.75) is 57.8 Å². The Morgan fingerprint density at radius 2 is 0.930 bits per heavy atom. The van der Waals surface area contributed by atoms with Gasteiger partial charge in [0, 0.05) is 38.8 Å². The molecule has 0 fully saturated rings. The third-order valence-electron chi connectivity index (χ3n) is 11.4. The first-order chi connectivity index (χ1) is 27.5. The maximum absolute atomic E-state index is 5.42. The Balaban J connectivity index is 1.23. The van der Waals surface area contributed by atoms with Gasteiger partial charge in [-0.05, 0) is 51.1 Å². The summed E-state index contributed by atoms with van der Waals surface area (Å²) in [5, 5.41) is 0. The highest BCUT2D eigenvalue weighted by atomic mass is 14.9. The van der Waals surface area contributed by atoms with E-state index in [0.717, 1.165) is 50.6 Å². The molecule has 3 nitrogen and oxygen atoms in total. The number of benzene rings is 6. The Bertz CT molecular complexity index is 2680. The Labute approximate surface area is 337 Å². The molecule has 1 aliphatic carbocycles. The van der Waals surface area contributed by atoms with Gasteiger partial charge in [0.05, 0.1) is 22.5 Å². The van der Waals surface area contributed by atoms with Gasteiger partial charge < -0.3 is 0 Å². The highest BCUT2D eigenvalue weighted by Gasteiger charge is 2.46. The van der Waals surface area contributed by atoms with Gasteiger partial charge in [0.25, 0.3) is 0 Å². The van der Waals surface area contributed by atoms with Crippen LogP contribution >= 0.6 is 0 Å². The third kappa shape index (κ3) is 6.28. The van der Waals surface area contributed by atoms with Gasteiger partial charge in [-0.15, -0.1) is 0 Å². The fourth-order valence-electron chi connectivity index (χ4n) is 8.66. The van der Waals surface area contributed by atoms with Crippen LogP contribution in [0.15, 0.2) is 176 Å².